The molecule has 0 aliphatic rings. The standard InChI is InChI=1S/C17H16ClN3O4/c1-11-3-8-16(15(9-11)21(23)24)25-10-17(22)20-19-12(2)13-4-6-14(18)7-5-13/h3-9H,10H2,1-2H3,(H,20,22). The van der Waals surface area contributed by atoms with Gasteiger partial charge in [0.25, 0.3) is 5.91 Å². The van der Waals surface area contributed by atoms with Crippen molar-refractivity contribution in [1.29, 1.82) is 0 Å². The van der Waals surface area contributed by atoms with Crippen LogP contribution in [0.2, 0.25) is 5.02 Å². The van der Waals surface area contributed by atoms with Gasteiger partial charge in [-0.15, -0.1) is 0 Å². The van der Waals surface area contributed by atoms with Gasteiger partial charge in [0.05, 0.1) is 10.6 Å². The molecule has 1 amide bonds. The number of nitro groups is 1. The van der Waals surface area contributed by atoms with Crippen LogP contribution in [0.3, 0.4) is 0 Å². The van der Waals surface area contributed by atoms with Crippen LogP contribution in [0.1, 0.15) is 18.1 Å². The molecular formula is C17H16ClN3O4. The quantitative estimate of drug-likeness (QED) is 0.484. The Morgan fingerprint density at radius 1 is 1.28 bits per heavy atom. The van der Waals surface area contributed by atoms with E-state index in [-0.39, 0.29) is 18.0 Å². The summed E-state index contributed by atoms with van der Waals surface area (Å²) in [5.41, 5.74) is 4.28. The molecule has 0 atom stereocenters. The van der Waals surface area contributed by atoms with Gasteiger partial charge < -0.3 is 4.74 Å². The molecule has 0 radical (unpaired) electrons. The highest BCUT2D eigenvalue weighted by atomic mass is 35.5. The number of nitrogens with one attached hydrogen (secondary N) is 1. The molecule has 1 N–H and O–H groups in total. The van der Waals surface area contributed by atoms with Gasteiger partial charge in [0.15, 0.2) is 12.4 Å². The van der Waals surface area contributed by atoms with Gasteiger partial charge in [-0.2, -0.15) is 5.10 Å². The number of rotatable bonds is 6. The Labute approximate surface area is 149 Å². The van der Waals surface area contributed by atoms with Crippen molar-refractivity contribution in [2.24, 2.45) is 5.10 Å². The second-order valence-electron chi connectivity index (χ2n) is 5.26. The van der Waals surface area contributed by atoms with Crippen LogP contribution in [0.15, 0.2) is 47.6 Å². The second kappa shape index (κ2) is 8.25. The summed E-state index contributed by atoms with van der Waals surface area (Å²) in [5, 5.41) is 15.6. The summed E-state index contributed by atoms with van der Waals surface area (Å²) < 4.78 is 5.23. The van der Waals surface area contributed by atoms with Crippen molar-refractivity contribution in [2.75, 3.05) is 6.61 Å². The molecule has 0 spiro atoms. The van der Waals surface area contributed by atoms with Crippen molar-refractivity contribution >= 4 is 28.9 Å². The molecule has 2 aromatic rings. The van der Waals surface area contributed by atoms with Gasteiger partial charge in [-0.25, -0.2) is 5.43 Å². The number of halogens is 1. The minimum atomic E-state index is -0.553. The predicted octanol–water partition coefficient (Wildman–Crippen LogP) is 3.48. The molecule has 0 saturated heterocycles. The second-order valence-corrected chi connectivity index (χ2v) is 5.69. The number of hydrazone groups is 1. The molecule has 0 fully saturated rings. The van der Waals surface area contributed by atoms with Gasteiger partial charge in [-0.3, -0.25) is 14.9 Å². The van der Waals surface area contributed by atoms with Gasteiger partial charge in [-0.05, 0) is 43.2 Å². The van der Waals surface area contributed by atoms with Crippen molar-refractivity contribution in [1.82, 2.24) is 5.43 Å². The molecule has 2 aromatic carbocycles. The third kappa shape index (κ3) is 5.29. The van der Waals surface area contributed by atoms with Crippen LogP contribution in [0, 0.1) is 17.0 Å². The third-order valence-corrected chi connectivity index (χ3v) is 3.53. The summed E-state index contributed by atoms with van der Waals surface area (Å²) in [6, 6.07) is 11.5. The zero-order chi connectivity index (χ0) is 18.4. The average Bonchev–Trinajstić information content (AvgIpc) is 2.59. The summed E-state index contributed by atoms with van der Waals surface area (Å²) >= 11 is 5.81. The molecule has 2 rings (SSSR count). The predicted molar refractivity (Wildman–Crippen MR) is 95.1 cm³/mol. The first kappa shape index (κ1) is 18.4. The van der Waals surface area contributed by atoms with Crippen molar-refractivity contribution in [2.45, 2.75) is 13.8 Å². The Balaban J connectivity index is 1.96. The lowest BCUT2D eigenvalue weighted by Crippen LogP contribution is -2.25. The number of nitro benzene ring substituents is 1. The molecule has 0 unspecified atom stereocenters. The smallest absolute Gasteiger partial charge is 0.311 e. The van der Waals surface area contributed by atoms with Gasteiger partial charge in [0.1, 0.15) is 0 Å². The largest absolute Gasteiger partial charge is 0.477 e. The molecular weight excluding hydrogens is 346 g/mol. The van der Waals surface area contributed by atoms with Crippen molar-refractivity contribution in [3.05, 3.63) is 68.7 Å². The number of aryl methyl sites for hydroxylation is 1. The van der Waals surface area contributed by atoms with Gasteiger partial charge in [-0.1, -0.05) is 29.8 Å². The Bertz CT molecular complexity index is 819. The molecule has 0 aliphatic heterocycles. The Kier molecular flexibility index (Phi) is 6.08. The maximum atomic E-state index is 11.8. The van der Waals surface area contributed by atoms with Crippen molar-refractivity contribution in [3.63, 3.8) is 0 Å². The molecule has 8 heteroatoms. The van der Waals surface area contributed by atoms with Gasteiger partial charge in [0, 0.05) is 11.1 Å². The Morgan fingerprint density at radius 2 is 1.96 bits per heavy atom. The van der Waals surface area contributed by atoms with E-state index in [0.29, 0.717) is 10.7 Å². The lowest BCUT2D eigenvalue weighted by atomic mass is 10.1. The van der Waals surface area contributed by atoms with E-state index in [4.69, 9.17) is 16.3 Å². The topological polar surface area (TPSA) is 93.8 Å². The fourth-order valence-electron chi connectivity index (χ4n) is 1.97. The van der Waals surface area contributed by atoms with Crippen LogP contribution in [0.5, 0.6) is 5.75 Å². The summed E-state index contributed by atoms with van der Waals surface area (Å²) in [5.74, 6) is -0.493. The van der Waals surface area contributed by atoms with Crippen LogP contribution in [-0.2, 0) is 4.79 Å². The zero-order valence-corrected chi connectivity index (χ0v) is 14.4. The van der Waals surface area contributed by atoms with E-state index in [9.17, 15) is 14.9 Å². The zero-order valence-electron chi connectivity index (χ0n) is 13.7. The molecule has 25 heavy (non-hydrogen) atoms. The number of amides is 1. The maximum absolute atomic E-state index is 11.8. The number of hydrogen-bond acceptors (Lipinski definition) is 5. The maximum Gasteiger partial charge on any atom is 0.311 e. The van der Waals surface area contributed by atoms with Gasteiger partial charge in [0.2, 0.25) is 0 Å². The molecule has 7 nitrogen and oxygen atoms in total. The summed E-state index contributed by atoms with van der Waals surface area (Å²) in [6.07, 6.45) is 0. The number of ether oxygens (including phenoxy) is 1. The van der Waals surface area contributed by atoms with E-state index in [1.54, 1.807) is 44.2 Å². The summed E-state index contributed by atoms with van der Waals surface area (Å²) in [7, 11) is 0. The van der Waals surface area contributed by atoms with Crippen LogP contribution in [0.4, 0.5) is 5.69 Å². The van der Waals surface area contributed by atoms with Crippen LogP contribution in [0.25, 0.3) is 0 Å². The van der Waals surface area contributed by atoms with E-state index in [0.717, 1.165) is 11.1 Å². The summed E-state index contributed by atoms with van der Waals surface area (Å²) in [6.45, 7) is 3.08. The molecule has 0 aliphatic carbocycles. The summed E-state index contributed by atoms with van der Waals surface area (Å²) in [4.78, 5) is 22.3. The van der Waals surface area contributed by atoms with E-state index in [1.807, 2.05) is 0 Å². The molecule has 0 bridgehead atoms. The highest BCUT2D eigenvalue weighted by Gasteiger charge is 2.16. The van der Waals surface area contributed by atoms with Crippen LogP contribution < -0.4 is 10.2 Å². The Hall–Kier alpha value is -2.93. The number of nitrogens with zero attached hydrogens (tertiary/aromatic N) is 2. The third-order valence-electron chi connectivity index (χ3n) is 3.28. The monoisotopic (exact) mass is 361 g/mol. The van der Waals surface area contributed by atoms with E-state index >= 15 is 0 Å². The minimum Gasteiger partial charge on any atom is -0.477 e. The fourth-order valence-corrected chi connectivity index (χ4v) is 2.10. The first-order valence-corrected chi connectivity index (χ1v) is 7.71. The molecule has 0 heterocycles. The van der Waals surface area contributed by atoms with E-state index in [2.05, 4.69) is 10.5 Å². The first-order valence-electron chi connectivity index (χ1n) is 7.33. The highest BCUT2D eigenvalue weighted by molar-refractivity contribution is 6.30. The van der Waals surface area contributed by atoms with Crippen molar-refractivity contribution < 1.29 is 14.5 Å². The molecule has 0 aromatic heterocycles. The number of carbonyl (C=O) groups excluding carboxylic acids is 1. The minimum absolute atomic E-state index is 0.0316. The number of benzene rings is 2. The Morgan fingerprint density at radius 3 is 2.60 bits per heavy atom. The lowest BCUT2D eigenvalue weighted by molar-refractivity contribution is -0.385. The first-order chi connectivity index (χ1) is 11.9. The van der Waals surface area contributed by atoms with E-state index < -0.39 is 10.8 Å². The average molecular weight is 362 g/mol. The van der Waals surface area contributed by atoms with Crippen LogP contribution in [-0.4, -0.2) is 23.1 Å². The van der Waals surface area contributed by atoms with Crippen LogP contribution >= 0.6 is 11.6 Å². The SMILES string of the molecule is CC(=NNC(=O)COc1ccc(C)cc1[N+](=O)[O-])c1ccc(Cl)cc1. The van der Waals surface area contributed by atoms with Crippen molar-refractivity contribution in [3.8, 4) is 5.75 Å². The number of hydrogen-bond donors (Lipinski definition) is 1. The highest BCUT2D eigenvalue weighted by Crippen LogP contribution is 2.27. The van der Waals surface area contributed by atoms with Gasteiger partial charge >= 0.3 is 5.69 Å². The molecule has 130 valence electrons. The van der Waals surface area contributed by atoms with E-state index in [1.165, 1.54) is 12.1 Å². The fraction of sp³-hybridized carbons (Fsp3) is 0.176. The number of carbonyl (C=O) groups is 1. The normalized spacial score (nSPS) is 11.1. The molecule has 0 saturated carbocycles. The lowest BCUT2D eigenvalue weighted by Gasteiger charge is -2.07.